The van der Waals surface area contributed by atoms with Crippen molar-refractivity contribution in [1.29, 1.82) is 0 Å². The zero-order valence-electron chi connectivity index (χ0n) is 16.5. The van der Waals surface area contributed by atoms with Crippen LogP contribution in [0.3, 0.4) is 0 Å². The standard InChI is InChI=1S/C22H30N2O4/c1-2-28-18-6-4-3-5-17(18)23-11-13-24(14-12-23)21(25)19-15-7-9-16(10-8-15)20(19)22(26)27/h3-6,15-16,19-20H,2,7-14H2,1H3,(H,26,27)/t15?,16?,19-,20-/m0/s1. The number of hydrogen-bond donors (Lipinski definition) is 1. The first-order valence-corrected chi connectivity index (χ1v) is 10.6. The minimum Gasteiger partial charge on any atom is -0.492 e. The molecule has 1 aliphatic heterocycles. The summed E-state index contributed by atoms with van der Waals surface area (Å²) < 4.78 is 5.75. The number of carboxylic acids is 1. The SMILES string of the molecule is CCOc1ccccc1N1CCN(C(=O)[C@H]2C3CCC(CC3)[C@@H]2C(=O)O)CC1. The van der Waals surface area contributed by atoms with E-state index in [0.717, 1.165) is 50.2 Å². The number of benzene rings is 1. The van der Waals surface area contributed by atoms with Crippen molar-refractivity contribution in [1.82, 2.24) is 4.90 Å². The van der Waals surface area contributed by atoms with Gasteiger partial charge in [0.05, 0.1) is 24.1 Å². The highest BCUT2D eigenvalue weighted by molar-refractivity contribution is 5.86. The number of para-hydroxylation sites is 2. The fourth-order valence-corrected chi connectivity index (χ4v) is 5.53. The van der Waals surface area contributed by atoms with E-state index in [9.17, 15) is 14.7 Å². The Kier molecular flexibility index (Phi) is 5.47. The Morgan fingerprint density at radius 3 is 2.21 bits per heavy atom. The van der Waals surface area contributed by atoms with E-state index in [1.807, 2.05) is 30.0 Å². The Morgan fingerprint density at radius 1 is 1.00 bits per heavy atom. The molecule has 4 fully saturated rings. The number of carbonyl (C=O) groups excluding carboxylic acids is 1. The third kappa shape index (κ3) is 3.45. The summed E-state index contributed by atoms with van der Waals surface area (Å²) in [6, 6.07) is 8.01. The first-order chi connectivity index (χ1) is 13.6. The van der Waals surface area contributed by atoms with E-state index >= 15 is 0 Å². The molecule has 28 heavy (non-hydrogen) atoms. The van der Waals surface area contributed by atoms with Gasteiger partial charge in [0.15, 0.2) is 0 Å². The van der Waals surface area contributed by atoms with E-state index in [1.54, 1.807) is 0 Å². The zero-order chi connectivity index (χ0) is 19.7. The van der Waals surface area contributed by atoms with Crippen LogP contribution in [-0.2, 0) is 9.59 Å². The quantitative estimate of drug-likeness (QED) is 0.843. The number of amides is 1. The largest absolute Gasteiger partial charge is 0.492 e. The van der Waals surface area contributed by atoms with Gasteiger partial charge in [-0.1, -0.05) is 12.1 Å². The van der Waals surface area contributed by atoms with E-state index in [2.05, 4.69) is 11.0 Å². The van der Waals surface area contributed by atoms with Crippen molar-refractivity contribution in [2.24, 2.45) is 23.7 Å². The van der Waals surface area contributed by atoms with Gasteiger partial charge in [-0.2, -0.15) is 0 Å². The predicted molar refractivity (Wildman–Crippen MR) is 106 cm³/mol. The summed E-state index contributed by atoms with van der Waals surface area (Å²) in [4.78, 5) is 29.3. The average molecular weight is 386 g/mol. The van der Waals surface area contributed by atoms with E-state index in [1.165, 1.54) is 0 Å². The van der Waals surface area contributed by atoms with Crippen molar-refractivity contribution in [3.05, 3.63) is 24.3 Å². The molecule has 1 amide bonds. The molecule has 6 nitrogen and oxygen atoms in total. The molecule has 1 aromatic rings. The Labute approximate surface area is 166 Å². The highest BCUT2D eigenvalue weighted by atomic mass is 16.5. The lowest BCUT2D eigenvalue weighted by atomic mass is 9.58. The molecule has 3 aliphatic carbocycles. The van der Waals surface area contributed by atoms with Crippen LogP contribution in [0.5, 0.6) is 5.75 Å². The third-order valence-electron chi connectivity index (χ3n) is 6.89. The maximum absolute atomic E-state index is 13.3. The number of hydrogen-bond acceptors (Lipinski definition) is 4. The molecule has 1 N–H and O–H groups in total. The van der Waals surface area contributed by atoms with Gasteiger partial charge in [-0.15, -0.1) is 0 Å². The fourth-order valence-electron chi connectivity index (χ4n) is 5.53. The number of fused-ring (bicyclic) bond motifs is 3. The Hall–Kier alpha value is -2.24. The second-order valence-electron chi connectivity index (χ2n) is 8.28. The smallest absolute Gasteiger partial charge is 0.307 e. The van der Waals surface area contributed by atoms with Crippen molar-refractivity contribution in [3.63, 3.8) is 0 Å². The molecule has 0 aromatic heterocycles. The van der Waals surface area contributed by atoms with Gasteiger partial charge in [-0.05, 0) is 56.6 Å². The minimum absolute atomic E-state index is 0.0690. The molecule has 4 aliphatic rings. The summed E-state index contributed by atoms with van der Waals surface area (Å²) in [5.41, 5.74) is 1.07. The van der Waals surface area contributed by atoms with Gasteiger partial charge in [0, 0.05) is 26.2 Å². The highest BCUT2D eigenvalue weighted by Crippen LogP contribution is 2.49. The molecule has 1 heterocycles. The molecular weight excluding hydrogens is 356 g/mol. The number of rotatable bonds is 5. The number of aliphatic carboxylic acids is 1. The molecule has 0 spiro atoms. The van der Waals surface area contributed by atoms with Crippen LogP contribution in [0, 0.1) is 23.7 Å². The zero-order valence-corrected chi connectivity index (χ0v) is 16.5. The Balaban J connectivity index is 1.44. The van der Waals surface area contributed by atoms with Gasteiger partial charge in [0.1, 0.15) is 5.75 Å². The van der Waals surface area contributed by atoms with Gasteiger partial charge >= 0.3 is 5.97 Å². The number of piperazine rings is 1. The second kappa shape index (κ2) is 8.02. The van der Waals surface area contributed by atoms with Gasteiger partial charge in [-0.25, -0.2) is 0 Å². The summed E-state index contributed by atoms with van der Waals surface area (Å²) in [5.74, 6) is -0.230. The van der Waals surface area contributed by atoms with Gasteiger partial charge in [0.2, 0.25) is 5.91 Å². The Morgan fingerprint density at radius 2 is 1.61 bits per heavy atom. The van der Waals surface area contributed by atoms with Crippen LogP contribution in [-0.4, -0.2) is 54.7 Å². The van der Waals surface area contributed by atoms with Crippen LogP contribution in [0.4, 0.5) is 5.69 Å². The second-order valence-corrected chi connectivity index (χ2v) is 8.28. The number of carboxylic acid groups (broad SMARTS) is 1. The lowest BCUT2D eigenvalue weighted by Gasteiger charge is -2.48. The van der Waals surface area contributed by atoms with Crippen LogP contribution < -0.4 is 9.64 Å². The fraction of sp³-hybridized carbons (Fsp3) is 0.636. The number of nitrogens with zero attached hydrogens (tertiary/aromatic N) is 2. The molecule has 152 valence electrons. The topological polar surface area (TPSA) is 70.1 Å². The molecule has 0 unspecified atom stereocenters. The maximum Gasteiger partial charge on any atom is 0.307 e. The van der Waals surface area contributed by atoms with Crippen LogP contribution in [0.1, 0.15) is 32.6 Å². The number of anilines is 1. The van der Waals surface area contributed by atoms with Crippen molar-refractivity contribution in [2.45, 2.75) is 32.6 Å². The summed E-state index contributed by atoms with van der Waals surface area (Å²) in [6.07, 6.45) is 3.94. The minimum atomic E-state index is -0.781. The first kappa shape index (κ1) is 19.1. The van der Waals surface area contributed by atoms with E-state index < -0.39 is 11.9 Å². The summed E-state index contributed by atoms with van der Waals surface area (Å²) >= 11 is 0. The normalized spacial score (nSPS) is 29.6. The van der Waals surface area contributed by atoms with Crippen molar-refractivity contribution >= 4 is 17.6 Å². The van der Waals surface area contributed by atoms with Crippen LogP contribution in [0.2, 0.25) is 0 Å². The van der Waals surface area contributed by atoms with Crippen LogP contribution in [0.25, 0.3) is 0 Å². The van der Waals surface area contributed by atoms with Crippen molar-refractivity contribution in [2.75, 3.05) is 37.7 Å². The monoisotopic (exact) mass is 386 g/mol. The molecule has 1 saturated heterocycles. The van der Waals surface area contributed by atoms with Crippen molar-refractivity contribution < 1.29 is 19.4 Å². The van der Waals surface area contributed by atoms with Gasteiger partial charge in [0.25, 0.3) is 0 Å². The lowest BCUT2D eigenvalue weighted by Crippen LogP contribution is -2.56. The molecule has 5 rings (SSSR count). The van der Waals surface area contributed by atoms with Crippen molar-refractivity contribution in [3.8, 4) is 5.75 Å². The highest BCUT2D eigenvalue weighted by Gasteiger charge is 2.51. The molecular formula is C22H30N2O4. The maximum atomic E-state index is 13.3. The average Bonchev–Trinajstić information content (AvgIpc) is 2.74. The molecule has 0 radical (unpaired) electrons. The lowest BCUT2D eigenvalue weighted by molar-refractivity contribution is -0.162. The number of ether oxygens (including phenoxy) is 1. The van der Waals surface area contributed by atoms with Crippen LogP contribution >= 0.6 is 0 Å². The van der Waals surface area contributed by atoms with Gasteiger partial charge < -0.3 is 19.6 Å². The van der Waals surface area contributed by atoms with E-state index in [0.29, 0.717) is 19.7 Å². The predicted octanol–water partition coefficient (Wildman–Crippen LogP) is 2.87. The summed E-state index contributed by atoms with van der Waals surface area (Å²) in [5, 5.41) is 9.76. The van der Waals surface area contributed by atoms with Gasteiger partial charge in [-0.3, -0.25) is 9.59 Å². The molecule has 2 bridgehead atoms. The first-order valence-electron chi connectivity index (χ1n) is 10.6. The third-order valence-corrected chi connectivity index (χ3v) is 6.89. The molecule has 1 aromatic carbocycles. The van der Waals surface area contributed by atoms with E-state index in [-0.39, 0.29) is 23.7 Å². The summed E-state index contributed by atoms with van der Waals surface area (Å²) in [6.45, 7) is 5.36. The molecule has 2 atom stereocenters. The van der Waals surface area contributed by atoms with E-state index in [4.69, 9.17) is 4.74 Å². The molecule has 3 saturated carbocycles. The summed E-state index contributed by atoms with van der Waals surface area (Å²) in [7, 11) is 0. The Bertz CT molecular complexity index is 721. The molecule has 6 heteroatoms. The number of carbonyl (C=O) groups is 2. The van der Waals surface area contributed by atoms with Crippen LogP contribution in [0.15, 0.2) is 24.3 Å².